The van der Waals surface area contributed by atoms with Crippen LogP contribution in [-0.4, -0.2) is 49.1 Å². The molecule has 1 aliphatic rings. The van der Waals surface area contributed by atoms with Crippen LogP contribution in [-0.2, 0) is 9.59 Å². The second-order valence-corrected chi connectivity index (χ2v) is 6.14. The van der Waals surface area contributed by atoms with Gasteiger partial charge in [0.25, 0.3) is 0 Å². The van der Waals surface area contributed by atoms with Gasteiger partial charge in [-0.05, 0) is 18.1 Å². The molecule has 2 rings (SSSR count). The summed E-state index contributed by atoms with van der Waals surface area (Å²) < 4.78 is 11.5. The van der Waals surface area contributed by atoms with Gasteiger partial charge in [0.2, 0.25) is 11.8 Å². The van der Waals surface area contributed by atoms with Crippen LogP contribution in [0.5, 0.6) is 11.5 Å². The molecule has 1 aromatic rings. The molecule has 1 aliphatic heterocycles. The van der Waals surface area contributed by atoms with Gasteiger partial charge in [-0.25, -0.2) is 0 Å². The monoisotopic (exact) mass is 320 g/mol. The van der Waals surface area contributed by atoms with Crippen LogP contribution in [0.3, 0.4) is 0 Å². The molecule has 1 heterocycles. The lowest BCUT2D eigenvalue weighted by Gasteiger charge is -2.32. The number of benzene rings is 1. The van der Waals surface area contributed by atoms with E-state index in [9.17, 15) is 9.59 Å². The minimum Gasteiger partial charge on any atom is -0.486 e. The number of fused-ring (bicyclic) bond motifs is 1. The lowest BCUT2D eigenvalue weighted by molar-refractivity contribution is -0.137. The molecule has 0 unspecified atom stereocenters. The Morgan fingerprint density at radius 3 is 2.57 bits per heavy atom. The molecule has 6 nitrogen and oxygen atoms in total. The maximum absolute atomic E-state index is 12.6. The van der Waals surface area contributed by atoms with E-state index in [1.807, 2.05) is 38.1 Å². The summed E-state index contributed by atoms with van der Waals surface area (Å²) in [6, 6.07) is 6.93. The number of amides is 2. The summed E-state index contributed by atoms with van der Waals surface area (Å²) in [6.45, 7) is 6.01. The SMILES string of the molecule is CC(=O)N[C@@H](C(=O)N(C)C[C@H]1COc2ccccc2O1)C(C)C. The Hall–Kier alpha value is -2.24. The summed E-state index contributed by atoms with van der Waals surface area (Å²) in [5.41, 5.74) is 0. The molecule has 126 valence electrons. The number of carbonyl (C=O) groups excluding carboxylic acids is 2. The van der Waals surface area contributed by atoms with Crippen LogP contribution in [0, 0.1) is 5.92 Å². The maximum atomic E-state index is 12.6. The molecule has 0 aliphatic carbocycles. The Kier molecular flexibility index (Phi) is 5.47. The van der Waals surface area contributed by atoms with Gasteiger partial charge in [0.1, 0.15) is 12.6 Å². The van der Waals surface area contributed by atoms with Crippen molar-refractivity contribution in [3.63, 3.8) is 0 Å². The van der Waals surface area contributed by atoms with Gasteiger partial charge >= 0.3 is 0 Å². The number of hydrogen-bond donors (Lipinski definition) is 1. The van der Waals surface area contributed by atoms with Crippen molar-refractivity contribution >= 4 is 11.8 Å². The van der Waals surface area contributed by atoms with Crippen LogP contribution < -0.4 is 14.8 Å². The lowest BCUT2D eigenvalue weighted by Crippen LogP contribution is -2.52. The second-order valence-electron chi connectivity index (χ2n) is 6.14. The molecule has 6 heteroatoms. The fourth-order valence-electron chi connectivity index (χ4n) is 2.52. The highest BCUT2D eigenvalue weighted by Gasteiger charge is 2.29. The smallest absolute Gasteiger partial charge is 0.245 e. The average Bonchev–Trinajstić information content (AvgIpc) is 2.51. The first-order valence-corrected chi connectivity index (χ1v) is 7.79. The van der Waals surface area contributed by atoms with E-state index in [4.69, 9.17) is 9.47 Å². The number of hydrogen-bond acceptors (Lipinski definition) is 4. The first-order chi connectivity index (χ1) is 10.9. The van der Waals surface area contributed by atoms with Crippen molar-refractivity contribution in [1.82, 2.24) is 10.2 Å². The number of ether oxygens (including phenoxy) is 2. The minimum atomic E-state index is -0.533. The predicted octanol–water partition coefficient (Wildman–Crippen LogP) is 1.45. The maximum Gasteiger partial charge on any atom is 0.245 e. The summed E-state index contributed by atoms with van der Waals surface area (Å²) >= 11 is 0. The van der Waals surface area contributed by atoms with Crippen molar-refractivity contribution in [2.75, 3.05) is 20.2 Å². The van der Waals surface area contributed by atoms with E-state index in [2.05, 4.69) is 5.32 Å². The Morgan fingerprint density at radius 2 is 1.96 bits per heavy atom. The summed E-state index contributed by atoms with van der Waals surface area (Å²) in [5.74, 6) is 1.08. The first-order valence-electron chi connectivity index (χ1n) is 7.79. The number of rotatable bonds is 5. The van der Waals surface area contributed by atoms with E-state index in [0.29, 0.717) is 18.9 Å². The number of nitrogens with zero attached hydrogens (tertiary/aromatic N) is 1. The van der Waals surface area contributed by atoms with Gasteiger partial charge in [-0.3, -0.25) is 9.59 Å². The fourth-order valence-corrected chi connectivity index (χ4v) is 2.52. The number of likely N-dealkylation sites (N-methyl/N-ethyl adjacent to an activating group) is 1. The molecule has 0 aromatic heterocycles. The van der Waals surface area contributed by atoms with E-state index >= 15 is 0 Å². The van der Waals surface area contributed by atoms with Crippen LogP contribution >= 0.6 is 0 Å². The summed E-state index contributed by atoms with van der Waals surface area (Å²) in [5, 5.41) is 2.71. The fraction of sp³-hybridized carbons (Fsp3) is 0.529. The molecule has 0 bridgehead atoms. The molecule has 0 spiro atoms. The minimum absolute atomic E-state index is 0.0121. The molecule has 2 atom stereocenters. The summed E-state index contributed by atoms with van der Waals surface area (Å²) in [7, 11) is 1.71. The molecule has 1 N–H and O–H groups in total. The van der Waals surface area contributed by atoms with Crippen molar-refractivity contribution < 1.29 is 19.1 Å². The Balaban J connectivity index is 1.97. The van der Waals surface area contributed by atoms with Crippen molar-refractivity contribution in [3.8, 4) is 11.5 Å². The van der Waals surface area contributed by atoms with E-state index < -0.39 is 6.04 Å². The van der Waals surface area contributed by atoms with Crippen molar-refractivity contribution in [3.05, 3.63) is 24.3 Å². The summed E-state index contributed by atoms with van der Waals surface area (Å²) in [4.78, 5) is 25.4. The van der Waals surface area contributed by atoms with E-state index in [1.165, 1.54) is 6.92 Å². The molecule has 0 saturated carbocycles. The third kappa shape index (κ3) is 4.37. The van der Waals surface area contributed by atoms with Crippen LogP contribution in [0.1, 0.15) is 20.8 Å². The quantitative estimate of drug-likeness (QED) is 0.891. The zero-order valence-corrected chi connectivity index (χ0v) is 14.0. The molecular weight excluding hydrogens is 296 g/mol. The number of carbonyl (C=O) groups is 2. The zero-order chi connectivity index (χ0) is 17.0. The highest BCUT2D eigenvalue weighted by molar-refractivity contribution is 5.87. The Labute approximate surface area is 136 Å². The third-order valence-electron chi connectivity index (χ3n) is 3.71. The molecule has 0 saturated heterocycles. The van der Waals surface area contributed by atoms with Gasteiger partial charge in [0.15, 0.2) is 17.6 Å². The molecule has 1 aromatic carbocycles. The zero-order valence-electron chi connectivity index (χ0n) is 14.0. The molecule has 0 radical (unpaired) electrons. The highest BCUT2D eigenvalue weighted by Crippen LogP contribution is 2.30. The van der Waals surface area contributed by atoms with Gasteiger partial charge < -0.3 is 19.7 Å². The van der Waals surface area contributed by atoms with Crippen molar-refractivity contribution in [2.24, 2.45) is 5.92 Å². The second kappa shape index (κ2) is 7.35. The average molecular weight is 320 g/mol. The van der Waals surface area contributed by atoms with Crippen LogP contribution in [0.25, 0.3) is 0 Å². The first kappa shape index (κ1) is 17.1. The predicted molar refractivity (Wildman–Crippen MR) is 86.4 cm³/mol. The number of nitrogens with one attached hydrogen (secondary N) is 1. The Bertz CT molecular complexity index is 573. The molecule has 23 heavy (non-hydrogen) atoms. The van der Waals surface area contributed by atoms with Crippen LogP contribution in [0.15, 0.2) is 24.3 Å². The van der Waals surface area contributed by atoms with Gasteiger partial charge in [0.05, 0.1) is 6.54 Å². The molecule has 2 amide bonds. The lowest BCUT2D eigenvalue weighted by atomic mass is 10.0. The largest absolute Gasteiger partial charge is 0.486 e. The van der Waals surface area contributed by atoms with Gasteiger partial charge in [-0.15, -0.1) is 0 Å². The normalized spacial score (nSPS) is 17.5. The van der Waals surface area contributed by atoms with Crippen LogP contribution in [0.4, 0.5) is 0 Å². The van der Waals surface area contributed by atoms with E-state index in [1.54, 1.807) is 11.9 Å². The van der Waals surface area contributed by atoms with Crippen LogP contribution in [0.2, 0.25) is 0 Å². The highest BCUT2D eigenvalue weighted by atomic mass is 16.6. The third-order valence-corrected chi connectivity index (χ3v) is 3.71. The van der Waals surface area contributed by atoms with Crippen molar-refractivity contribution in [2.45, 2.75) is 32.9 Å². The van der Waals surface area contributed by atoms with E-state index in [-0.39, 0.29) is 23.8 Å². The Morgan fingerprint density at radius 1 is 1.30 bits per heavy atom. The van der Waals surface area contributed by atoms with Gasteiger partial charge in [-0.1, -0.05) is 26.0 Å². The van der Waals surface area contributed by atoms with Gasteiger partial charge in [0, 0.05) is 14.0 Å². The van der Waals surface area contributed by atoms with Crippen molar-refractivity contribution in [1.29, 1.82) is 0 Å². The van der Waals surface area contributed by atoms with Gasteiger partial charge in [-0.2, -0.15) is 0 Å². The summed E-state index contributed by atoms with van der Waals surface area (Å²) in [6.07, 6.45) is -0.232. The van der Waals surface area contributed by atoms with E-state index in [0.717, 1.165) is 5.75 Å². The number of para-hydroxylation sites is 2. The standard InChI is InChI=1S/C17H24N2O4/c1-11(2)16(18-12(3)20)17(21)19(4)9-13-10-22-14-7-5-6-8-15(14)23-13/h5-8,11,13,16H,9-10H2,1-4H3,(H,18,20)/t13-,16+/m0/s1. The topological polar surface area (TPSA) is 67.9 Å². The molecule has 0 fully saturated rings. The molecular formula is C17H24N2O4.